The van der Waals surface area contributed by atoms with Gasteiger partial charge in [-0.1, -0.05) is 20.8 Å². The molecule has 3 atom stereocenters. The van der Waals surface area contributed by atoms with E-state index in [-0.39, 0.29) is 29.6 Å². The van der Waals surface area contributed by atoms with Crippen LogP contribution in [0.4, 0.5) is 4.79 Å². The molecule has 0 radical (unpaired) electrons. The van der Waals surface area contributed by atoms with Gasteiger partial charge in [-0.3, -0.25) is 0 Å². The van der Waals surface area contributed by atoms with Crippen LogP contribution in [0.1, 0.15) is 41.5 Å². The molecule has 22 heavy (non-hydrogen) atoms. The minimum atomic E-state index is -1.28. The zero-order valence-electron chi connectivity index (χ0n) is 15.2. The highest BCUT2D eigenvalue weighted by atomic mass is 28.3. The highest BCUT2D eigenvalue weighted by molar-refractivity contribution is 6.53. The van der Waals surface area contributed by atoms with Crippen LogP contribution in [0.25, 0.3) is 0 Å². The second-order valence-electron chi connectivity index (χ2n) is 8.43. The van der Waals surface area contributed by atoms with E-state index in [1.165, 1.54) is 0 Å². The lowest BCUT2D eigenvalue weighted by Crippen LogP contribution is -2.36. The Morgan fingerprint density at radius 3 is 2.18 bits per heavy atom. The Kier molecular flexibility index (Phi) is 6.47. The van der Waals surface area contributed by atoms with Crippen LogP contribution in [-0.2, 0) is 9.16 Å². The number of nitrogens with zero attached hydrogens (tertiary/aromatic N) is 1. The number of rotatable bonds is 4. The van der Waals surface area contributed by atoms with Gasteiger partial charge in [0.2, 0.25) is 0 Å². The first kappa shape index (κ1) is 19.5. The first-order valence-electron chi connectivity index (χ1n) is 8.14. The summed E-state index contributed by atoms with van der Waals surface area (Å²) in [6, 6.07) is 0. The smallest absolute Gasteiger partial charge is 0.410 e. The van der Waals surface area contributed by atoms with E-state index in [1.807, 2.05) is 20.8 Å². The second-order valence-corrected chi connectivity index (χ2v) is 11.8. The van der Waals surface area contributed by atoms with Crippen molar-refractivity contribution in [3.8, 4) is 0 Å². The number of aliphatic hydroxyl groups excluding tert-OH is 1. The maximum atomic E-state index is 12.2. The predicted molar refractivity (Wildman–Crippen MR) is 90.6 cm³/mol. The summed E-state index contributed by atoms with van der Waals surface area (Å²) in [6.07, 6.45) is -0.297. The van der Waals surface area contributed by atoms with Crippen molar-refractivity contribution in [1.82, 2.24) is 4.90 Å². The molecule has 0 aromatic carbocycles. The number of carbonyl (C=O) groups is 1. The molecule has 1 heterocycles. The standard InChI is InChI=1S/C16H33NO4Si/c1-15(2,3)21-14(19)17-8-12(10-18)13(9-17)11-20-22(7)16(4,5)6/h12-13,18,22H,8-11H2,1-7H3. The van der Waals surface area contributed by atoms with Crippen LogP contribution < -0.4 is 0 Å². The number of amides is 1. The summed E-state index contributed by atoms with van der Waals surface area (Å²) in [5.41, 5.74) is -0.492. The number of hydrogen-bond donors (Lipinski definition) is 1. The van der Waals surface area contributed by atoms with Crippen LogP contribution in [-0.4, -0.2) is 57.0 Å². The Hall–Kier alpha value is -0.593. The molecule has 0 spiro atoms. The van der Waals surface area contributed by atoms with E-state index in [0.717, 1.165) is 0 Å². The molecule has 1 amide bonds. The first-order chi connectivity index (χ1) is 9.94. The van der Waals surface area contributed by atoms with Crippen molar-refractivity contribution in [2.24, 2.45) is 11.8 Å². The average Bonchev–Trinajstić information content (AvgIpc) is 2.75. The van der Waals surface area contributed by atoms with Crippen molar-refractivity contribution >= 4 is 15.1 Å². The Labute approximate surface area is 136 Å². The minimum Gasteiger partial charge on any atom is -0.444 e. The van der Waals surface area contributed by atoms with Crippen LogP contribution >= 0.6 is 0 Å². The summed E-state index contributed by atoms with van der Waals surface area (Å²) in [7, 11) is -1.28. The monoisotopic (exact) mass is 331 g/mol. The molecule has 1 saturated heterocycles. The molecule has 5 nitrogen and oxygen atoms in total. The van der Waals surface area contributed by atoms with Gasteiger partial charge >= 0.3 is 6.09 Å². The molecule has 1 N–H and O–H groups in total. The molecule has 0 bridgehead atoms. The quantitative estimate of drug-likeness (QED) is 0.805. The van der Waals surface area contributed by atoms with Crippen LogP contribution in [0, 0.1) is 11.8 Å². The number of aliphatic hydroxyl groups is 1. The fraction of sp³-hybridized carbons (Fsp3) is 0.938. The van der Waals surface area contributed by atoms with E-state index in [9.17, 15) is 9.90 Å². The predicted octanol–water partition coefficient (Wildman–Crippen LogP) is 2.63. The summed E-state index contributed by atoms with van der Waals surface area (Å²) in [6.45, 7) is 16.3. The Morgan fingerprint density at radius 2 is 1.73 bits per heavy atom. The summed E-state index contributed by atoms with van der Waals surface area (Å²) >= 11 is 0. The Morgan fingerprint density at radius 1 is 1.18 bits per heavy atom. The number of hydrogen-bond acceptors (Lipinski definition) is 4. The number of ether oxygens (including phenoxy) is 1. The van der Waals surface area contributed by atoms with Crippen molar-refractivity contribution in [3.63, 3.8) is 0 Å². The van der Waals surface area contributed by atoms with E-state index in [2.05, 4.69) is 27.3 Å². The van der Waals surface area contributed by atoms with Gasteiger partial charge in [0, 0.05) is 38.1 Å². The molecule has 1 aliphatic rings. The van der Waals surface area contributed by atoms with Gasteiger partial charge in [-0.2, -0.15) is 0 Å². The average molecular weight is 332 g/mol. The van der Waals surface area contributed by atoms with Crippen molar-refractivity contribution in [1.29, 1.82) is 0 Å². The van der Waals surface area contributed by atoms with Gasteiger partial charge in [0.1, 0.15) is 5.60 Å². The van der Waals surface area contributed by atoms with E-state index in [4.69, 9.17) is 9.16 Å². The topological polar surface area (TPSA) is 59.0 Å². The van der Waals surface area contributed by atoms with Crippen LogP contribution in [0.15, 0.2) is 0 Å². The highest BCUT2D eigenvalue weighted by Crippen LogP contribution is 2.30. The molecule has 3 unspecified atom stereocenters. The van der Waals surface area contributed by atoms with Crippen LogP contribution in [0.5, 0.6) is 0 Å². The summed E-state index contributed by atoms with van der Waals surface area (Å²) in [4.78, 5) is 13.9. The molecule has 0 saturated carbocycles. The van der Waals surface area contributed by atoms with Crippen molar-refractivity contribution in [2.75, 3.05) is 26.3 Å². The lowest BCUT2D eigenvalue weighted by Gasteiger charge is -2.28. The van der Waals surface area contributed by atoms with Gasteiger partial charge in [-0.15, -0.1) is 0 Å². The van der Waals surface area contributed by atoms with E-state index in [1.54, 1.807) is 4.90 Å². The Bertz CT molecular complexity index is 375. The third-order valence-corrected chi connectivity index (χ3v) is 7.37. The van der Waals surface area contributed by atoms with Crippen LogP contribution in [0.3, 0.4) is 0 Å². The summed E-state index contributed by atoms with van der Waals surface area (Å²) in [5, 5.41) is 9.79. The third-order valence-electron chi connectivity index (χ3n) is 4.24. The maximum absolute atomic E-state index is 12.2. The molecule has 1 aliphatic heterocycles. The Balaban J connectivity index is 2.57. The molecule has 0 aromatic rings. The fourth-order valence-corrected chi connectivity index (χ4v) is 3.36. The number of likely N-dealkylation sites (tertiary alicyclic amines) is 1. The van der Waals surface area contributed by atoms with Gasteiger partial charge in [0.25, 0.3) is 0 Å². The lowest BCUT2D eigenvalue weighted by atomic mass is 9.98. The van der Waals surface area contributed by atoms with Gasteiger partial charge in [-0.05, 0) is 32.4 Å². The largest absolute Gasteiger partial charge is 0.444 e. The molecular formula is C16H33NO4Si. The van der Waals surface area contributed by atoms with Crippen molar-refractivity contribution in [2.45, 2.75) is 58.7 Å². The van der Waals surface area contributed by atoms with Crippen molar-refractivity contribution in [3.05, 3.63) is 0 Å². The first-order valence-corrected chi connectivity index (χ1v) is 10.3. The fourth-order valence-electron chi connectivity index (χ4n) is 2.33. The third kappa shape index (κ3) is 5.89. The molecule has 130 valence electrons. The minimum absolute atomic E-state index is 0.0775. The molecule has 1 fully saturated rings. The maximum Gasteiger partial charge on any atom is 0.410 e. The van der Waals surface area contributed by atoms with Crippen molar-refractivity contribution < 1.29 is 19.1 Å². The SMILES string of the molecule is C[SiH](OCC1CN(C(=O)OC(C)(C)C)CC1CO)C(C)(C)C. The zero-order chi connectivity index (χ0) is 17.1. The van der Waals surface area contributed by atoms with Gasteiger partial charge < -0.3 is 19.2 Å². The zero-order valence-corrected chi connectivity index (χ0v) is 16.3. The summed E-state index contributed by atoms with van der Waals surface area (Å²) < 4.78 is 11.5. The molecule has 0 aliphatic carbocycles. The van der Waals surface area contributed by atoms with Gasteiger partial charge in [0.05, 0.1) is 0 Å². The van der Waals surface area contributed by atoms with Crippen LogP contribution in [0.2, 0.25) is 11.6 Å². The molecule has 1 rings (SSSR count). The van der Waals surface area contributed by atoms with Gasteiger partial charge in [0.15, 0.2) is 9.04 Å². The second kappa shape index (κ2) is 7.32. The van der Waals surface area contributed by atoms with E-state index in [0.29, 0.717) is 19.7 Å². The molecule has 0 aromatic heterocycles. The highest BCUT2D eigenvalue weighted by Gasteiger charge is 2.37. The summed E-state index contributed by atoms with van der Waals surface area (Å²) in [5.74, 6) is 0.267. The van der Waals surface area contributed by atoms with E-state index < -0.39 is 14.6 Å². The molecular weight excluding hydrogens is 298 g/mol. The normalized spacial score (nSPS) is 24.5. The molecule has 6 heteroatoms. The van der Waals surface area contributed by atoms with E-state index >= 15 is 0 Å². The number of carbonyl (C=O) groups excluding carboxylic acids is 1. The lowest BCUT2D eigenvalue weighted by molar-refractivity contribution is 0.0279. The van der Waals surface area contributed by atoms with Gasteiger partial charge in [-0.25, -0.2) is 4.79 Å².